The summed E-state index contributed by atoms with van der Waals surface area (Å²) in [4.78, 5) is 0. The maximum absolute atomic E-state index is 5.57. The minimum Gasteiger partial charge on any atom is -0.353 e. The van der Waals surface area contributed by atoms with Gasteiger partial charge in [-0.15, -0.1) is 0 Å². The van der Waals surface area contributed by atoms with Crippen molar-refractivity contribution >= 4 is 0 Å². The molecule has 1 N–H and O–H groups in total. The molecule has 0 aromatic rings. The van der Waals surface area contributed by atoms with Crippen LogP contribution in [0.3, 0.4) is 0 Å². The van der Waals surface area contributed by atoms with E-state index in [0.717, 1.165) is 0 Å². The molecule has 1 heterocycles. The van der Waals surface area contributed by atoms with Crippen molar-refractivity contribution in [1.29, 1.82) is 0 Å². The van der Waals surface area contributed by atoms with Gasteiger partial charge in [0.1, 0.15) is 12.3 Å². The fourth-order valence-electron chi connectivity index (χ4n) is 2.39. The van der Waals surface area contributed by atoms with Crippen LogP contribution in [0.4, 0.5) is 0 Å². The monoisotopic (exact) mass is 185 g/mol. The summed E-state index contributed by atoms with van der Waals surface area (Å²) >= 11 is 0. The minimum atomic E-state index is 0.284. The number of ether oxygens (including phenoxy) is 1. The Morgan fingerprint density at radius 2 is 1.69 bits per heavy atom. The Kier molecular flexibility index (Phi) is 2.75. The molecule has 0 aromatic carbocycles. The summed E-state index contributed by atoms with van der Waals surface area (Å²) in [5.74, 6) is 0. The van der Waals surface area contributed by atoms with Crippen LogP contribution in [0, 0.1) is 10.8 Å². The molecule has 1 aliphatic rings. The summed E-state index contributed by atoms with van der Waals surface area (Å²) in [5.41, 5.74) is 0.666. The SMILES string of the molecule is CNC1OC1C(C)(C)CC(C)(C)C. The second-order valence-corrected chi connectivity index (χ2v) is 5.99. The molecule has 2 nitrogen and oxygen atoms in total. The summed E-state index contributed by atoms with van der Waals surface area (Å²) in [6.07, 6.45) is 1.89. The summed E-state index contributed by atoms with van der Waals surface area (Å²) < 4.78 is 5.57. The zero-order valence-corrected chi connectivity index (χ0v) is 9.77. The number of likely N-dealkylation sites (N-methyl/N-ethyl adjacent to an activating group) is 1. The number of epoxide rings is 1. The van der Waals surface area contributed by atoms with Crippen molar-refractivity contribution in [2.75, 3.05) is 7.05 Å². The van der Waals surface area contributed by atoms with Crippen molar-refractivity contribution in [3.63, 3.8) is 0 Å². The van der Waals surface area contributed by atoms with E-state index in [9.17, 15) is 0 Å². The van der Waals surface area contributed by atoms with Crippen LogP contribution in [-0.4, -0.2) is 19.4 Å². The molecule has 13 heavy (non-hydrogen) atoms. The van der Waals surface area contributed by atoms with E-state index < -0.39 is 0 Å². The average molecular weight is 185 g/mol. The highest BCUT2D eigenvalue weighted by Gasteiger charge is 2.49. The lowest BCUT2D eigenvalue weighted by atomic mass is 9.74. The molecule has 2 atom stereocenters. The highest BCUT2D eigenvalue weighted by molar-refractivity contribution is 4.95. The van der Waals surface area contributed by atoms with E-state index in [1.165, 1.54) is 6.42 Å². The van der Waals surface area contributed by atoms with E-state index in [-0.39, 0.29) is 11.6 Å². The molecule has 1 fully saturated rings. The molecule has 1 rings (SSSR count). The topological polar surface area (TPSA) is 24.6 Å². The van der Waals surface area contributed by atoms with Crippen molar-refractivity contribution in [3.8, 4) is 0 Å². The normalized spacial score (nSPS) is 29.1. The van der Waals surface area contributed by atoms with Gasteiger partial charge in [-0.05, 0) is 24.3 Å². The summed E-state index contributed by atoms with van der Waals surface area (Å²) in [5, 5.41) is 3.16. The highest BCUT2D eigenvalue weighted by atomic mass is 16.6. The van der Waals surface area contributed by atoms with Gasteiger partial charge in [-0.2, -0.15) is 0 Å². The quantitative estimate of drug-likeness (QED) is 0.683. The van der Waals surface area contributed by atoms with Crippen molar-refractivity contribution in [1.82, 2.24) is 5.32 Å². The molecule has 0 amide bonds. The molecule has 0 saturated carbocycles. The summed E-state index contributed by atoms with van der Waals surface area (Å²) in [6.45, 7) is 11.4. The van der Waals surface area contributed by atoms with Gasteiger partial charge in [-0.25, -0.2) is 0 Å². The standard InChI is InChI=1S/C11H23NO/c1-10(2,3)7-11(4,5)8-9(12-6)13-8/h8-9,12H,7H2,1-6H3. The third-order valence-corrected chi connectivity index (χ3v) is 2.53. The molecule has 0 radical (unpaired) electrons. The molecule has 2 heteroatoms. The molecule has 0 aromatic heterocycles. The van der Waals surface area contributed by atoms with Crippen LogP contribution in [0.25, 0.3) is 0 Å². The van der Waals surface area contributed by atoms with Gasteiger partial charge in [0.05, 0.1) is 0 Å². The molecule has 2 unspecified atom stereocenters. The lowest BCUT2D eigenvalue weighted by molar-refractivity contribution is 0.160. The Hall–Kier alpha value is -0.0800. The van der Waals surface area contributed by atoms with Gasteiger partial charge < -0.3 is 4.74 Å². The van der Waals surface area contributed by atoms with Gasteiger partial charge in [0.25, 0.3) is 0 Å². The maximum Gasteiger partial charge on any atom is 0.135 e. The van der Waals surface area contributed by atoms with Crippen LogP contribution in [0.5, 0.6) is 0 Å². The van der Waals surface area contributed by atoms with E-state index >= 15 is 0 Å². The molecule has 0 bridgehead atoms. The third-order valence-electron chi connectivity index (χ3n) is 2.53. The van der Waals surface area contributed by atoms with Crippen molar-refractivity contribution in [2.45, 2.75) is 53.4 Å². The van der Waals surface area contributed by atoms with E-state index in [1.54, 1.807) is 0 Å². The Bertz CT molecular complexity index is 181. The maximum atomic E-state index is 5.57. The second-order valence-electron chi connectivity index (χ2n) is 5.99. The van der Waals surface area contributed by atoms with Crippen LogP contribution in [0.1, 0.15) is 41.0 Å². The molecule has 78 valence electrons. The first kappa shape index (κ1) is 11.0. The van der Waals surface area contributed by atoms with Crippen molar-refractivity contribution < 1.29 is 4.74 Å². The predicted molar refractivity (Wildman–Crippen MR) is 55.6 cm³/mol. The largest absolute Gasteiger partial charge is 0.353 e. The highest BCUT2D eigenvalue weighted by Crippen LogP contribution is 2.44. The van der Waals surface area contributed by atoms with Gasteiger partial charge in [0, 0.05) is 0 Å². The van der Waals surface area contributed by atoms with Gasteiger partial charge in [-0.3, -0.25) is 5.32 Å². The van der Waals surface area contributed by atoms with Crippen molar-refractivity contribution in [3.05, 3.63) is 0 Å². The first-order valence-corrected chi connectivity index (χ1v) is 5.09. The van der Waals surface area contributed by atoms with Crippen LogP contribution in [-0.2, 0) is 4.74 Å². The number of nitrogens with one attached hydrogen (secondary N) is 1. The first-order valence-electron chi connectivity index (χ1n) is 5.09. The third kappa shape index (κ3) is 2.96. The summed E-state index contributed by atoms with van der Waals surface area (Å²) in [6, 6.07) is 0. The molecule has 0 aliphatic carbocycles. The predicted octanol–water partition coefficient (Wildman–Crippen LogP) is 2.39. The minimum absolute atomic E-state index is 0.284. The van der Waals surface area contributed by atoms with E-state index in [1.807, 2.05) is 7.05 Å². The van der Waals surface area contributed by atoms with Crippen LogP contribution in [0.2, 0.25) is 0 Å². The molecular weight excluding hydrogens is 162 g/mol. The zero-order valence-electron chi connectivity index (χ0n) is 9.77. The lowest BCUT2D eigenvalue weighted by Crippen LogP contribution is -2.29. The molecular formula is C11H23NO. The average Bonchev–Trinajstić information content (AvgIpc) is 2.58. The summed E-state index contributed by atoms with van der Waals surface area (Å²) in [7, 11) is 1.96. The number of hydrogen-bond donors (Lipinski definition) is 1. The Morgan fingerprint density at radius 1 is 1.15 bits per heavy atom. The van der Waals surface area contributed by atoms with Crippen LogP contribution < -0.4 is 5.32 Å². The second kappa shape index (κ2) is 3.25. The van der Waals surface area contributed by atoms with E-state index in [4.69, 9.17) is 4.74 Å². The van der Waals surface area contributed by atoms with Crippen molar-refractivity contribution in [2.24, 2.45) is 10.8 Å². The lowest BCUT2D eigenvalue weighted by Gasteiger charge is -2.31. The van der Waals surface area contributed by atoms with Gasteiger partial charge in [-0.1, -0.05) is 34.6 Å². The van der Waals surface area contributed by atoms with Crippen LogP contribution in [0.15, 0.2) is 0 Å². The molecule has 1 saturated heterocycles. The first-order chi connectivity index (χ1) is 5.76. The Labute approximate surface area is 82.0 Å². The molecule has 1 aliphatic heterocycles. The zero-order chi connectivity index (χ0) is 10.3. The van der Waals surface area contributed by atoms with Crippen LogP contribution >= 0.6 is 0 Å². The van der Waals surface area contributed by atoms with E-state index in [0.29, 0.717) is 11.5 Å². The smallest absolute Gasteiger partial charge is 0.135 e. The van der Waals surface area contributed by atoms with Gasteiger partial charge in [0.15, 0.2) is 0 Å². The molecule has 0 spiro atoms. The number of rotatable bonds is 3. The Balaban J connectivity index is 2.48. The van der Waals surface area contributed by atoms with E-state index in [2.05, 4.69) is 39.9 Å². The Morgan fingerprint density at radius 3 is 2.00 bits per heavy atom. The van der Waals surface area contributed by atoms with Gasteiger partial charge >= 0.3 is 0 Å². The fraction of sp³-hybridized carbons (Fsp3) is 1.00. The van der Waals surface area contributed by atoms with Gasteiger partial charge in [0.2, 0.25) is 0 Å². The fourth-order valence-corrected chi connectivity index (χ4v) is 2.39. The number of hydrogen-bond acceptors (Lipinski definition) is 2.